The SMILES string of the molecule is [B]c1cc([N+](=O)[O-])c(F)c(C)c1Cl. The van der Waals surface area contributed by atoms with Gasteiger partial charge in [0.1, 0.15) is 7.85 Å². The van der Waals surface area contributed by atoms with E-state index in [-0.39, 0.29) is 16.0 Å². The van der Waals surface area contributed by atoms with Gasteiger partial charge in [-0.2, -0.15) is 4.39 Å². The quantitative estimate of drug-likeness (QED) is 0.391. The van der Waals surface area contributed by atoms with Crippen LogP contribution in [0.15, 0.2) is 6.07 Å². The van der Waals surface area contributed by atoms with Gasteiger partial charge in [-0.1, -0.05) is 17.1 Å². The minimum absolute atomic E-state index is 0.00614. The van der Waals surface area contributed by atoms with Crippen molar-refractivity contribution >= 4 is 30.6 Å². The van der Waals surface area contributed by atoms with E-state index in [4.69, 9.17) is 19.4 Å². The zero-order chi connectivity index (χ0) is 10.2. The van der Waals surface area contributed by atoms with Crippen molar-refractivity contribution in [2.24, 2.45) is 0 Å². The second-order valence-corrected chi connectivity index (χ2v) is 2.87. The van der Waals surface area contributed by atoms with Crippen molar-refractivity contribution in [3.63, 3.8) is 0 Å². The molecule has 0 heterocycles. The fraction of sp³-hybridized carbons (Fsp3) is 0.143. The minimum atomic E-state index is -0.941. The Kier molecular flexibility index (Phi) is 2.56. The molecule has 3 nitrogen and oxygen atoms in total. The molecule has 2 radical (unpaired) electrons. The van der Waals surface area contributed by atoms with Gasteiger partial charge in [0.25, 0.3) is 0 Å². The molecule has 0 amide bonds. The van der Waals surface area contributed by atoms with Crippen LogP contribution in [0.2, 0.25) is 5.02 Å². The molecule has 0 aliphatic heterocycles. The minimum Gasteiger partial charge on any atom is -0.258 e. The number of rotatable bonds is 1. The van der Waals surface area contributed by atoms with E-state index in [1.807, 2.05) is 0 Å². The van der Waals surface area contributed by atoms with Gasteiger partial charge in [-0.15, -0.1) is 0 Å². The predicted molar refractivity (Wildman–Crippen MR) is 48.2 cm³/mol. The maximum atomic E-state index is 13.1. The molecule has 0 atom stereocenters. The highest BCUT2D eigenvalue weighted by atomic mass is 35.5. The van der Waals surface area contributed by atoms with Gasteiger partial charge in [-0.25, -0.2) is 0 Å². The zero-order valence-electron chi connectivity index (χ0n) is 6.67. The molecule has 1 aromatic carbocycles. The molecule has 0 N–H and O–H groups in total. The average molecular weight is 199 g/mol. The maximum Gasteiger partial charge on any atom is 0.304 e. The first-order chi connectivity index (χ1) is 5.95. The van der Waals surface area contributed by atoms with Crippen molar-refractivity contribution in [2.75, 3.05) is 0 Å². The summed E-state index contributed by atoms with van der Waals surface area (Å²) in [5, 5.41) is 10.3. The summed E-state index contributed by atoms with van der Waals surface area (Å²) in [5.74, 6) is -0.941. The van der Waals surface area contributed by atoms with E-state index < -0.39 is 16.4 Å². The Morgan fingerprint density at radius 3 is 2.69 bits per heavy atom. The van der Waals surface area contributed by atoms with Gasteiger partial charge in [0, 0.05) is 16.7 Å². The maximum absolute atomic E-state index is 13.1. The molecule has 1 rings (SSSR count). The molecule has 0 aliphatic rings. The Morgan fingerprint density at radius 1 is 1.69 bits per heavy atom. The van der Waals surface area contributed by atoms with Crippen LogP contribution in [0.25, 0.3) is 0 Å². The molecule has 0 spiro atoms. The number of nitro groups is 1. The third-order valence-corrected chi connectivity index (χ3v) is 2.13. The first-order valence-electron chi connectivity index (χ1n) is 3.33. The standard InChI is InChI=1S/C7H4BClFNO2/c1-3-6(9)4(8)2-5(7(3)10)11(12)13/h2H,1H3. The van der Waals surface area contributed by atoms with Gasteiger partial charge < -0.3 is 0 Å². The first-order valence-corrected chi connectivity index (χ1v) is 3.71. The summed E-state index contributed by atoms with van der Waals surface area (Å²) < 4.78 is 13.1. The molecule has 0 saturated carbocycles. The summed E-state index contributed by atoms with van der Waals surface area (Å²) in [6.45, 7) is 1.33. The van der Waals surface area contributed by atoms with E-state index in [0.29, 0.717) is 0 Å². The molecule has 0 aromatic heterocycles. The topological polar surface area (TPSA) is 43.1 Å². The summed E-state index contributed by atoms with van der Waals surface area (Å²) in [6.07, 6.45) is 0. The van der Waals surface area contributed by atoms with Crippen LogP contribution < -0.4 is 5.46 Å². The van der Waals surface area contributed by atoms with Crippen LogP contribution in [-0.2, 0) is 0 Å². The summed E-state index contributed by atoms with van der Waals surface area (Å²) in [4.78, 5) is 9.47. The number of hydrogen-bond acceptors (Lipinski definition) is 2. The molecule has 0 fully saturated rings. The van der Waals surface area contributed by atoms with Crippen molar-refractivity contribution in [2.45, 2.75) is 6.92 Å². The van der Waals surface area contributed by atoms with Gasteiger partial charge in [0.15, 0.2) is 0 Å². The number of nitrogens with zero attached hydrogens (tertiary/aromatic N) is 1. The molecular formula is C7H4BClFNO2. The molecule has 0 unspecified atom stereocenters. The Morgan fingerprint density at radius 2 is 2.23 bits per heavy atom. The van der Waals surface area contributed by atoms with E-state index in [1.54, 1.807) is 0 Å². The van der Waals surface area contributed by atoms with E-state index in [1.165, 1.54) is 6.92 Å². The second kappa shape index (κ2) is 3.34. The molecule has 0 bridgehead atoms. The zero-order valence-corrected chi connectivity index (χ0v) is 7.43. The lowest BCUT2D eigenvalue weighted by atomic mass is 9.93. The van der Waals surface area contributed by atoms with Crippen LogP contribution in [-0.4, -0.2) is 12.8 Å². The van der Waals surface area contributed by atoms with Crippen LogP contribution >= 0.6 is 11.6 Å². The van der Waals surface area contributed by atoms with Crippen molar-refractivity contribution in [3.8, 4) is 0 Å². The Hall–Kier alpha value is -1.10. The Bertz CT molecular complexity index is 383. The lowest BCUT2D eigenvalue weighted by Crippen LogP contribution is -2.10. The van der Waals surface area contributed by atoms with E-state index in [0.717, 1.165) is 6.07 Å². The van der Waals surface area contributed by atoms with Crippen molar-refractivity contribution in [1.29, 1.82) is 0 Å². The monoisotopic (exact) mass is 199 g/mol. The lowest BCUT2D eigenvalue weighted by molar-refractivity contribution is -0.387. The molecule has 0 saturated heterocycles. The number of hydrogen-bond donors (Lipinski definition) is 0. The van der Waals surface area contributed by atoms with Gasteiger partial charge in [0.05, 0.1) is 4.92 Å². The van der Waals surface area contributed by atoms with Gasteiger partial charge >= 0.3 is 5.69 Å². The second-order valence-electron chi connectivity index (χ2n) is 2.49. The van der Waals surface area contributed by atoms with Gasteiger partial charge in [-0.05, 0) is 6.92 Å². The normalized spacial score (nSPS) is 10.1. The fourth-order valence-corrected chi connectivity index (χ4v) is 1.05. The molecule has 1 aromatic rings. The van der Waals surface area contributed by atoms with Crippen LogP contribution in [0.1, 0.15) is 5.56 Å². The van der Waals surface area contributed by atoms with Crippen LogP contribution in [0.4, 0.5) is 10.1 Å². The Balaban J connectivity index is 3.50. The van der Waals surface area contributed by atoms with E-state index >= 15 is 0 Å². The van der Waals surface area contributed by atoms with Crippen LogP contribution in [0.5, 0.6) is 0 Å². The predicted octanol–water partition coefficient (Wildman–Crippen LogP) is 1.49. The van der Waals surface area contributed by atoms with Crippen molar-refractivity contribution < 1.29 is 9.31 Å². The molecule has 6 heteroatoms. The average Bonchev–Trinajstić information content (AvgIpc) is 2.07. The summed E-state index contributed by atoms with van der Waals surface area (Å²) in [6, 6.07) is 0.907. The van der Waals surface area contributed by atoms with Crippen molar-refractivity contribution in [1.82, 2.24) is 0 Å². The summed E-state index contributed by atoms with van der Waals surface area (Å²) >= 11 is 5.57. The Labute approximate surface area is 80.1 Å². The molecule has 66 valence electrons. The number of halogens is 2. The van der Waals surface area contributed by atoms with E-state index in [9.17, 15) is 14.5 Å². The van der Waals surface area contributed by atoms with Crippen LogP contribution in [0, 0.1) is 22.9 Å². The smallest absolute Gasteiger partial charge is 0.258 e. The summed E-state index contributed by atoms with van der Waals surface area (Å²) in [7, 11) is 5.33. The van der Waals surface area contributed by atoms with E-state index in [2.05, 4.69) is 0 Å². The third kappa shape index (κ3) is 1.65. The largest absolute Gasteiger partial charge is 0.304 e. The fourth-order valence-electron chi connectivity index (χ4n) is 0.912. The van der Waals surface area contributed by atoms with Crippen LogP contribution in [0.3, 0.4) is 0 Å². The van der Waals surface area contributed by atoms with Gasteiger partial charge in [-0.3, -0.25) is 10.1 Å². The highest BCUT2D eigenvalue weighted by Crippen LogP contribution is 2.23. The number of benzene rings is 1. The van der Waals surface area contributed by atoms with Gasteiger partial charge in [0.2, 0.25) is 5.82 Å². The third-order valence-electron chi connectivity index (χ3n) is 1.63. The van der Waals surface area contributed by atoms with Crippen molar-refractivity contribution in [3.05, 3.63) is 32.6 Å². The molecular weight excluding hydrogens is 195 g/mol. The first kappa shape index (κ1) is 9.99. The lowest BCUT2D eigenvalue weighted by Gasteiger charge is -2.04. The number of nitro benzene ring substituents is 1. The highest BCUT2D eigenvalue weighted by Gasteiger charge is 2.19. The highest BCUT2D eigenvalue weighted by molar-refractivity contribution is 6.45. The molecule has 13 heavy (non-hydrogen) atoms. The summed E-state index contributed by atoms with van der Waals surface area (Å²) in [5.41, 5.74) is -0.653. The molecule has 0 aliphatic carbocycles.